The first kappa shape index (κ1) is 13.4. The van der Waals surface area contributed by atoms with Crippen molar-refractivity contribution in [2.45, 2.75) is 46.0 Å². The fourth-order valence-electron chi connectivity index (χ4n) is 3.32. The number of hydrogen-bond acceptors (Lipinski definition) is 2. The summed E-state index contributed by atoms with van der Waals surface area (Å²) in [5.74, 6) is -0.395. The Kier molecular flexibility index (Phi) is 3.64. The van der Waals surface area contributed by atoms with E-state index in [1.807, 2.05) is 4.90 Å². The van der Waals surface area contributed by atoms with Crippen molar-refractivity contribution in [3.63, 3.8) is 0 Å². The van der Waals surface area contributed by atoms with Gasteiger partial charge in [-0.1, -0.05) is 13.8 Å². The summed E-state index contributed by atoms with van der Waals surface area (Å²) in [6.07, 6.45) is 4.35. The fraction of sp³-hybridized carbons (Fsp3) is 0.857. The van der Waals surface area contributed by atoms with E-state index in [9.17, 15) is 9.59 Å². The van der Waals surface area contributed by atoms with Crippen LogP contribution in [0.15, 0.2) is 0 Å². The van der Waals surface area contributed by atoms with Crippen LogP contribution >= 0.6 is 0 Å². The quantitative estimate of drug-likeness (QED) is 0.835. The predicted octanol–water partition coefficient (Wildman–Crippen LogP) is 2.14. The Hall–Kier alpha value is -1.06. The standard InChI is InChI=1S/C14H23NO3/c1-3-10(4-2)12(16)15-7-5-14(6-8-15)9-11(14)13(17)18/h10-11H,3-9H2,1-2H3,(H,17,18). The van der Waals surface area contributed by atoms with E-state index in [4.69, 9.17) is 5.11 Å². The number of likely N-dealkylation sites (tertiary alicyclic amines) is 1. The predicted molar refractivity (Wildman–Crippen MR) is 68.1 cm³/mol. The normalized spacial score (nSPS) is 25.5. The van der Waals surface area contributed by atoms with Crippen molar-refractivity contribution in [3.05, 3.63) is 0 Å². The maximum absolute atomic E-state index is 12.2. The van der Waals surface area contributed by atoms with Gasteiger partial charge in [-0.25, -0.2) is 0 Å². The van der Waals surface area contributed by atoms with Crippen molar-refractivity contribution in [1.29, 1.82) is 0 Å². The third-order valence-corrected chi connectivity index (χ3v) is 4.89. The highest BCUT2D eigenvalue weighted by atomic mass is 16.4. The van der Waals surface area contributed by atoms with E-state index in [2.05, 4.69) is 13.8 Å². The number of carbonyl (C=O) groups excluding carboxylic acids is 1. The van der Waals surface area contributed by atoms with Crippen LogP contribution in [0.2, 0.25) is 0 Å². The summed E-state index contributed by atoms with van der Waals surface area (Å²) in [7, 11) is 0. The first-order valence-corrected chi connectivity index (χ1v) is 7.05. The number of amides is 1. The molecule has 1 heterocycles. The SMILES string of the molecule is CCC(CC)C(=O)N1CCC2(CC1)CC2C(=O)O. The minimum absolute atomic E-state index is 0.0243. The molecule has 1 saturated heterocycles. The third kappa shape index (κ3) is 2.25. The van der Waals surface area contributed by atoms with Crippen LogP contribution in [0.1, 0.15) is 46.0 Å². The number of hydrogen-bond donors (Lipinski definition) is 1. The average molecular weight is 253 g/mol. The van der Waals surface area contributed by atoms with Crippen LogP contribution < -0.4 is 0 Å². The molecule has 0 aromatic heterocycles. The molecule has 1 N–H and O–H groups in total. The maximum atomic E-state index is 12.2. The number of rotatable bonds is 4. The maximum Gasteiger partial charge on any atom is 0.307 e. The van der Waals surface area contributed by atoms with Crippen molar-refractivity contribution >= 4 is 11.9 Å². The van der Waals surface area contributed by atoms with Crippen molar-refractivity contribution < 1.29 is 14.7 Å². The minimum Gasteiger partial charge on any atom is -0.481 e. The molecule has 102 valence electrons. The Bertz CT molecular complexity index is 341. The molecule has 1 amide bonds. The molecule has 1 aliphatic carbocycles. The van der Waals surface area contributed by atoms with E-state index in [0.717, 1.165) is 45.2 Å². The van der Waals surface area contributed by atoms with E-state index in [0.29, 0.717) is 0 Å². The molecule has 4 nitrogen and oxygen atoms in total. The van der Waals surface area contributed by atoms with Gasteiger partial charge in [0.05, 0.1) is 5.92 Å². The lowest BCUT2D eigenvalue weighted by molar-refractivity contribution is -0.140. The Morgan fingerprint density at radius 2 is 1.83 bits per heavy atom. The summed E-state index contributed by atoms with van der Waals surface area (Å²) in [4.78, 5) is 25.1. The van der Waals surface area contributed by atoms with Crippen molar-refractivity contribution in [3.8, 4) is 0 Å². The summed E-state index contributed by atoms with van der Waals surface area (Å²) in [6, 6.07) is 0. The van der Waals surface area contributed by atoms with E-state index in [-0.39, 0.29) is 23.2 Å². The molecule has 2 rings (SSSR count). The Morgan fingerprint density at radius 1 is 1.28 bits per heavy atom. The van der Waals surface area contributed by atoms with Gasteiger partial charge >= 0.3 is 5.97 Å². The lowest BCUT2D eigenvalue weighted by atomic mass is 9.89. The highest BCUT2D eigenvalue weighted by molar-refractivity contribution is 5.79. The Balaban J connectivity index is 1.88. The largest absolute Gasteiger partial charge is 0.481 e. The van der Waals surface area contributed by atoms with E-state index < -0.39 is 5.97 Å². The zero-order valence-corrected chi connectivity index (χ0v) is 11.3. The molecule has 2 fully saturated rings. The topological polar surface area (TPSA) is 57.6 Å². The van der Waals surface area contributed by atoms with Crippen molar-refractivity contribution in [2.24, 2.45) is 17.3 Å². The number of carbonyl (C=O) groups is 2. The summed E-state index contributed by atoms with van der Waals surface area (Å²) < 4.78 is 0. The van der Waals surface area contributed by atoms with Crippen LogP contribution in [0.5, 0.6) is 0 Å². The van der Waals surface area contributed by atoms with Crippen LogP contribution in [0, 0.1) is 17.3 Å². The van der Waals surface area contributed by atoms with Gasteiger partial charge in [0.2, 0.25) is 5.91 Å². The lowest BCUT2D eigenvalue weighted by Crippen LogP contribution is -2.42. The minimum atomic E-state index is -0.658. The summed E-state index contributed by atoms with van der Waals surface area (Å²) in [5.41, 5.74) is 0.0243. The smallest absolute Gasteiger partial charge is 0.307 e. The van der Waals surface area contributed by atoms with E-state index >= 15 is 0 Å². The zero-order chi connectivity index (χ0) is 13.3. The molecular weight excluding hydrogens is 230 g/mol. The molecular formula is C14H23NO3. The molecule has 0 radical (unpaired) electrons. The molecule has 0 aromatic carbocycles. The van der Waals surface area contributed by atoms with Gasteiger partial charge in [0.15, 0.2) is 0 Å². The van der Waals surface area contributed by atoms with Gasteiger partial charge < -0.3 is 10.0 Å². The average Bonchev–Trinajstić information content (AvgIpc) is 3.06. The van der Waals surface area contributed by atoms with Crippen LogP contribution in [-0.4, -0.2) is 35.0 Å². The van der Waals surface area contributed by atoms with Gasteiger partial charge in [-0.3, -0.25) is 9.59 Å². The second-order valence-corrected chi connectivity index (χ2v) is 5.80. The number of piperidine rings is 1. The molecule has 2 aliphatic rings. The highest BCUT2D eigenvalue weighted by Crippen LogP contribution is 2.59. The molecule has 1 aliphatic heterocycles. The molecule has 1 atom stereocenters. The van der Waals surface area contributed by atoms with Gasteiger partial charge in [0.25, 0.3) is 0 Å². The monoisotopic (exact) mass is 253 g/mol. The van der Waals surface area contributed by atoms with E-state index in [1.54, 1.807) is 0 Å². The van der Waals surface area contributed by atoms with Crippen molar-refractivity contribution in [2.75, 3.05) is 13.1 Å². The van der Waals surface area contributed by atoms with Crippen LogP contribution in [0.3, 0.4) is 0 Å². The molecule has 18 heavy (non-hydrogen) atoms. The molecule has 0 bridgehead atoms. The first-order chi connectivity index (χ1) is 8.54. The van der Waals surface area contributed by atoms with Crippen LogP contribution in [0.25, 0.3) is 0 Å². The number of nitrogens with zero attached hydrogens (tertiary/aromatic N) is 1. The van der Waals surface area contributed by atoms with Gasteiger partial charge in [-0.05, 0) is 37.5 Å². The second kappa shape index (κ2) is 4.90. The van der Waals surface area contributed by atoms with Crippen LogP contribution in [0.4, 0.5) is 0 Å². The molecule has 0 aromatic rings. The Morgan fingerprint density at radius 3 is 2.22 bits per heavy atom. The molecule has 1 saturated carbocycles. The van der Waals surface area contributed by atoms with Gasteiger partial charge in [-0.15, -0.1) is 0 Å². The molecule has 1 spiro atoms. The number of carboxylic acid groups (broad SMARTS) is 1. The summed E-state index contributed by atoms with van der Waals surface area (Å²) in [5, 5.41) is 9.03. The fourth-order valence-corrected chi connectivity index (χ4v) is 3.32. The van der Waals surface area contributed by atoms with Crippen molar-refractivity contribution in [1.82, 2.24) is 4.90 Å². The molecule has 4 heteroatoms. The van der Waals surface area contributed by atoms with E-state index in [1.165, 1.54) is 0 Å². The van der Waals surface area contributed by atoms with Gasteiger partial charge in [0, 0.05) is 19.0 Å². The third-order valence-electron chi connectivity index (χ3n) is 4.89. The lowest BCUT2D eigenvalue weighted by Gasteiger charge is -2.34. The van der Waals surface area contributed by atoms with Gasteiger partial charge in [0.1, 0.15) is 0 Å². The molecule has 1 unspecified atom stereocenters. The number of aliphatic carboxylic acids is 1. The summed E-state index contributed by atoms with van der Waals surface area (Å²) in [6.45, 7) is 5.61. The first-order valence-electron chi connectivity index (χ1n) is 7.05. The number of carboxylic acids is 1. The second-order valence-electron chi connectivity index (χ2n) is 5.80. The highest BCUT2D eigenvalue weighted by Gasteiger charge is 2.59. The van der Waals surface area contributed by atoms with Gasteiger partial charge in [-0.2, -0.15) is 0 Å². The van der Waals surface area contributed by atoms with Crippen LogP contribution in [-0.2, 0) is 9.59 Å². The Labute approximate surface area is 108 Å². The zero-order valence-electron chi connectivity index (χ0n) is 11.3. The summed E-state index contributed by atoms with van der Waals surface area (Å²) >= 11 is 0.